The van der Waals surface area contributed by atoms with Crippen LogP contribution in [0.3, 0.4) is 0 Å². The highest BCUT2D eigenvalue weighted by Gasteiger charge is 2.43. The van der Waals surface area contributed by atoms with Crippen LogP contribution in [0.2, 0.25) is 0 Å². The van der Waals surface area contributed by atoms with Gasteiger partial charge in [-0.1, -0.05) is 6.92 Å². The molecule has 9 heteroatoms. The van der Waals surface area contributed by atoms with E-state index in [2.05, 4.69) is 0 Å². The number of nitrogens with zero attached hydrogens (tertiary/aromatic N) is 2. The third kappa shape index (κ3) is 3.56. The Balaban J connectivity index is 2.18. The van der Waals surface area contributed by atoms with Crippen molar-refractivity contribution < 1.29 is 32.3 Å². The van der Waals surface area contributed by atoms with E-state index in [1.54, 1.807) is 32.9 Å². The molecule has 156 valence electrons. The molecule has 6 nitrogen and oxygen atoms in total. The molecular formula is C20H21F3N2O4. The number of benzene rings is 1. The lowest BCUT2D eigenvalue weighted by Gasteiger charge is -2.41. The molecule has 2 aromatic rings. The SMILES string of the molecule is CCC1CN(C(=O)c2cc(C)oc2C(F)(F)F)c2cc(C)c(C)cc2N1C(=O)O. The van der Waals surface area contributed by atoms with Gasteiger partial charge in [-0.3, -0.25) is 9.69 Å². The number of carbonyl (C=O) groups is 2. The standard InChI is InChI=1S/C20H21F3N2O4/c1-5-13-9-24(18(26)14-8-12(4)29-17(14)20(21,22)23)15-6-10(2)11(3)7-16(15)25(13)19(27)28/h6-8,13H,5,9H2,1-4H3,(H,27,28). The first-order valence-corrected chi connectivity index (χ1v) is 9.08. The van der Waals surface area contributed by atoms with E-state index in [1.165, 1.54) is 16.7 Å². The highest BCUT2D eigenvalue weighted by atomic mass is 19.4. The summed E-state index contributed by atoms with van der Waals surface area (Å²) in [5.74, 6) is -2.25. The Labute approximate surface area is 165 Å². The summed E-state index contributed by atoms with van der Waals surface area (Å²) >= 11 is 0. The molecule has 0 aliphatic carbocycles. The maximum Gasteiger partial charge on any atom is 0.450 e. The van der Waals surface area contributed by atoms with Gasteiger partial charge in [0.2, 0.25) is 5.76 Å². The number of fused-ring (bicyclic) bond motifs is 1. The van der Waals surface area contributed by atoms with E-state index in [4.69, 9.17) is 4.42 Å². The van der Waals surface area contributed by atoms with E-state index in [-0.39, 0.29) is 23.7 Å². The van der Waals surface area contributed by atoms with Crippen molar-refractivity contribution in [2.45, 2.75) is 46.3 Å². The third-order valence-electron chi connectivity index (χ3n) is 5.17. The first-order chi connectivity index (χ1) is 13.5. The summed E-state index contributed by atoms with van der Waals surface area (Å²) in [7, 11) is 0. The number of anilines is 2. The van der Waals surface area contributed by atoms with Gasteiger partial charge in [0.05, 0.1) is 23.0 Å². The van der Waals surface area contributed by atoms with Crippen LogP contribution in [0.4, 0.5) is 29.3 Å². The fourth-order valence-corrected chi connectivity index (χ4v) is 3.57. The molecule has 0 spiro atoms. The second kappa shape index (κ2) is 7.13. The van der Waals surface area contributed by atoms with Crippen molar-refractivity contribution in [1.82, 2.24) is 0 Å². The normalized spacial score (nSPS) is 16.7. The Morgan fingerprint density at radius 3 is 2.24 bits per heavy atom. The molecule has 0 saturated heterocycles. The molecule has 3 rings (SSSR count). The summed E-state index contributed by atoms with van der Waals surface area (Å²) in [4.78, 5) is 27.4. The largest absolute Gasteiger partial charge is 0.465 e. The van der Waals surface area contributed by atoms with Crippen molar-refractivity contribution >= 4 is 23.4 Å². The first kappa shape index (κ1) is 20.8. The van der Waals surface area contributed by atoms with Crippen LogP contribution in [0.25, 0.3) is 0 Å². The zero-order valence-electron chi connectivity index (χ0n) is 16.4. The lowest BCUT2D eigenvalue weighted by molar-refractivity contribution is -0.153. The molecule has 0 bridgehead atoms. The van der Waals surface area contributed by atoms with E-state index >= 15 is 0 Å². The maximum atomic E-state index is 13.4. The fourth-order valence-electron chi connectivity index (χ4n) is 3.57. The molecule has 29 heavy (non-hydrogen) atoms. The van der Waals surface area contributed by atoms with Crippen molar-refractivity contribution in [3.63, 3.8) is 0 Å². The number of amides is 2. The molecule has 1 aromatic carbocycles. The minimum atomic E-state index is -4.82. The van der Waals surface area contributed by atoms with Crippen LogP contribution < -0.4 is 9.80 Å². The minimum Gasteiger partial charge on any atom is -0.465 e. The molecule has 0 saturated carbocycles. The number of carboxylic acid groups (broad SMARTS) is 1. The van der Waals surface area contributed by atoms with Crippen molar-refractivity contribution in [1.29, 1.82) is 0 Å². The number of hydrogen-bond acceptors (Lipinski definition) is 3. The molecule has 1 aliphatic heterocycles. The average Bonchev–Trinajstić information content (AvgIpc) is 3.03. The van der Waals surface area contributed by atoms with Crippen LogP contribution in [-0.4, -0.2) is 29.7 Å². The van der Waals surface area contributed by atoms with Crippen molar-refractivity contribution in [3.8, 4) is 0 Å². The fraction of sp³-hybridized carbons (Fsp3) is 0.400. The van der Waals surface area contributed by atoms with Gasteiger partial charge >= 0.3 is 12.3 Å². The van der Waals surface area contributed by atoms with Crippen LogP contribution in [0.5, 0.6) is 0 Å². The lowest BCUT2D eigenvalue weighted by Crippen LogP contribution is -2.53. The molecule has 1 unspecified atom stereocenters. The summed E-state index contributed by atoms with van der Waals surface area (Å²) in [6.07, 6.45) is -5.61. The van der Waals surface area contributed by atoms with Gasteiger partial charge < -0.3 is 14.4 Å². The van der Waals surface area contributed by atoms with Crippen LogP contribution in [-0.2, 0) is 6.18 Å². The minimum absolute atomic E-state index is 0.0304. The molecule has 0 fully saturated rings. The Morgan fingerprint density at radius 1 is 1.14 bits per heavy atom. The molecule has 2 heterocycles. The van der Waals surface area contributed by atoms with Crippen molar-refractivity contribution in [3.05, 3.63) is 46.4 Å². The van der Waals surface area contributed by atoms with E-state index < -0.39 is 35.5 Å². The predicted molar refractivity (Wildman–Crippen MR) is 101 cm³/mol. The van der Waals surface area contributed by atoms with Gasteiger partial charge in [0.15, 0.2) is 0 Å². The van der Waals surface area contributed by atoms with Gasteiger partial charge in [0.1, 0.15) is 5.76 Å². The van der Waals surface area contributed by atoms with Gasteiger partial charge in [-0.15, -0.1) is 0 Å². The molecule has 1 atom stereocenters. The summed E-state index contributed by atoms with van der Waals surface area (Å²) in [5, 5.41) is 9.70. The highest BCUT2D eigenvalue weighted by molar-refractivity contribution is 6.11. The lowest BCUT2D eigenvalue weighted by atomic mass is 9.99. The van der Waals surface area contributed by atoms with Crippen molar-refractivity contribution in [2.24, 2.45) is 0 Å². The summed E-state index contributed by atoms with van der Waals surface area (Å²) in [6.45, 7) is 6.64. The monoisotopic (exact) mass is 410 g/mol. The Bertz CT molecular complexity index is 981. The van der Waals surface area contributed by atoms with Gasteiger partial charge in [-0.25, -0.2) is 4.79 Å². The van der Waals surface area contributed by atoms with E-state index in [1.807, 2.05) is 0 Å². The zero-order chi connectivity index (χ0) is 21.7. The van der Waals surface area contributed by atoms with E-state index in [9.17, 15) is 27.9 Å². The topological polar surface area (TPSA) is 74.0 Å². The van der Waals surface area contributed by atoms with E-state index in [0.29, 0.717) is 6.42 Å². The Hall–Kier alpha value is -2.97. The molecule has 1 aromatic heterocycles. The predicted octanol–water partition coefficient (Wildman–Crippen LogP) is 5.15. The van der Waals surface area contributed by atoms with Crippen LogP contribution in [0.15, 0.2) is 22.6 Å². The van der Waals surface area contributed by atoms with Gasteiger partial charge in [0.25, 0.3) is 5.91 Å². The zero-order valence-corrected chi connectivity index (χ0v) is 16.4. The number of halogens is 3. The third-order valence-corrected chi connectivity index (χ3v) is 5.17. The smallest absolute Gasteiger partial charge is 0.450 e. The highest BCUT2D eigenvalue weighted by Crippen LogP contribution is 2.41. The molecule has 0 radical (unpaired) electrons. The Morgan fingerprint density at radius 2 is 1.72 bits per heavy atom. The Kier molecular flexibility index (Phi) is 5.10. The van der Waals surface area contributed by atoms with Crippen LogP contribution in [0.1, 0.15) is 46.3 Å². The number of hydrogen-bond donors (Lipinski definition) is 1. The average molecular weight is 410 g/mol. The number of furan rings is 1. The summed E-state index contributed by atoms with van der Waals surface area (Å²) in [5.41, 5.74) is 1.56. The quantitative estimate of drug-likeness (QED) is 0.743. The number of carbonyl (C=O) groups excluding carboxylic acids is 1. The first-order valence-electron chi connectivity index (χ1n) is 9.08. The number of aryl methyl sites for hydroxylation is 3. The van der Waals surface area contributed by atoms with Crippen LogP contribution in [0, 0.1) is 20.8 Å². The number of rotatable bonds is 2. The molecular weight excluding hydrogens is 389 g/mol. The second-order valence-corrected chi connectivity index (χ2v) is 7.15. The molecule has 1 N–H and O–H groups in total. The van der Waals surface area contributed by atoms with Gasteiger partial charge in [-0.2, -0.15) is 13.2 Å². The van der Waals surface area contributed by atoms with E-state index in [0.717, 1.165) is 17.2 Å². The van der Waals surface area contributed by atoms with Crippen LogP contribution >= 0.6 is 0 Å². The summed E-state index contributed by atoms with van der Waals surface area (Å²) < 4.78 is 44.8. The molecule has 1 aliphatic rings. The summed E-state index contributed by atoms with van der Waals surface area (Å²) in [6, 6.07) is 3.75. The van der Waals surface area contributed by atoms with Gasteiger partial charge in [0, 0.05) is 6.54 Å². The van der Waals surface area contributed by atoms with Crippen molar-refractivity contribution in [2.75, 3.05) is 16.3 Å². The second-order valence-electron chi connectivity index (χ2n) is 7.15. The maximum absolute atomic E-state index is 13.4. The van der Waals surface area contributed by atoms with Gasteiger partial charge in [-0.05, 0) is 56.5 Å². The molecule has 2 amide bonds. The number of alkyl halides is 3.